The number of hydrogen-bond donors (Lipinski definition) is 0. The Labute approximate surface area is 474 Å². The summed E-state index contributed by atoms with van der Waals surface area (Å²) in [4.78, 5) is 37.9. The molecule has 1 atom stereocenters. The molecule has 0 aromatic carbocycles. The molecule has 0 N–H and O–H groups in total. The van der Waals surface area contributed by atoms with E-state index in [9.17, 15) is 14.4 Å². The van der Waals surface area contributed by atoms with Crippen molar-refractivity contribution in [1.82, 2.24) is 0 Å². The number of carbonyl (C=O) groups is 3. The van der Waals surface area contributed by atoms with Gasteiger partial charge >= 0.3 is 17.9 Å². The highest BCUT2D eigenvalue weighted by atomic mass is 16.6. The molecule has 0 saturated carbocycles. The van der Waals surface area contributed by atoms with Crippen LogP contribution in [-0.2, 0) is 28.6 Å². The molecule has 76 heavy (non-hydrogen) atoms. The zero-order valence-electron chi connectivity index (χ0n) is 51.6. The molecule has 0 rings (SSSR count). The van der Waals surface area contributed by atoms with Crippen molar-refractivity contribution in [3.63, 3.8) is 0 Å². The summed E-state index contributed by atoms with van der Waals surface area (Å²) in [6.45, 7) is 6.61. The van der Waals surface area contributed by atoms with Crippen LogP contribution >= 0.6 is 0 Å². The molecule has 0 bridgehead atoms. The van der Waals surface area contributed by atoms with Crippen molar-refractivity contribution in [1.29, 1.82) is 0 Å². The van der Waals surface area contributed by atoms with Crippen molar-refractivity contribution < 1.29 is 28.6 Å². The molecule has 0 amide bonds. The zero-order valence-corrected chi connectivity index (χ0v) is 51.6. The van der Waals surface area contributed by atoms with Gasteiger partial charge in [0.15, 0.2) is 6.10 Å². The van der Waals surface area contributed by atoms with Crippen LogP contribution in [0.5, 0.6) is 0 Å². The van der Waals surface area contributed by atoms with Gasteiger partial charge in [-0.25, -0.2) is 0 Å². The van der Waals surface area contributed by atoms with Crippen LogP contribution in [-0.4, -0.2) is 37.2 Å². The van der Waals surface area contributed by atoms with Gasteiger partial charge in [0.2, 0.25) is 0 Å². The standard InChI is InChI=1S/C70H132O6/c1-4-7-10-13-15-17-19-21-23-25-27-28-29-30-31-32-33-34-35-36-37-38-39-40-41-42-43-45-46-48-50-52-54-57-60-63-69(72)75-66-67(65-74-68(71)62-59-56-12-9-6-3)76-70(73)64-61-58-55-53-51-49-47-44-26-24-22-20-18-16-14-11-8-5-2/h24-27,67H,4-23,28-66H2,1-3H3/b26-24-,27-25-. The summed E-state index contributed by atoms with van der Waals surface area (Å²) in [6, 6.07) is 0. The number of ether oxygens (including phenoxy) is 3. The van der Waals surface area contributed by atoms with E-state index in [-0.39, 0.29) is 31.1 Å². The smallest absolute Gasteiger partial charge is 0.306 e. The topological polar surface area (TPSA) is 78.9 Å². The highest BCUT2D eigenvalue weighted by Gasteiger charge is 2.19. The second-order valence-corrected chi connectivity index (χ2v) is 23.4. The molecule has 0 aliphatic carbocycles. The molecule has 0 spiro atoms. The van der Waals surface area contributed by atoms with E-state index < -0.39 is 6.10 Å². The lowest BCUT2D eigenvalue weighted by Crippen LogP contribution is -2.30. The maximum absolute atomic E-state index is 12.8. The molecule has 0 aliphatic heterocycles. The van der Waals surface area contributed by atoms with Crippen molar-refractivity contribution in [3.8, 4) is 0 Å². The lowest BCUT2D eigenvalue weighted by atomic mass is 10.0. The van der Waals surface area contributed by atoms with Crippen molar-refractivity contribution in [2.45, 2.75) is 393 Å². The van der Waals surface area contributed by atoms with Gasteiger partial charge in [0.25, 0.3) is 0 Å². The second-order valence-electron chi connectivity index (χ2n) is 23.4. The molecule has 0 heterocycles. The van der Waals surface area contributed by atoms with Crippen molar-refractivity contribution in [2.24, 2.45) is 0 Å². The normalized spacial score (nSPS) is 12.1. The molecule has 0 saturated heterocycles. The lowest BCUT2D eigenvalue weighted by Gasteiger charge is -2.18. The molecule has 6 nitrogen and oxygen atoms in total. The van der Waals surface area contributed by atoms with E-state index in [1.165, 1.54) is 283 Å². The van der Waals surface area contributed by atoms with Gasteiger partial charge in [-0.3, -0.25) is 14.4 Å². The van der Waals surface area contributed by atoms with Gasteiger partial charge in [-0.05, 0) is 70.6 Å². The SMILES string of the molecule is CCCCCCCCC/C=C\CCCCCCCCCC(=O)OC(COC(=O)CCCCCCC)COC(=O)CCCCCCCCCCCCCCCCCCCCCCCCC/C=C\CCCCCCCCCC. The number of allylic oxidation sites excluding steroid dienone is 4. The first-order valence-electron chi connectivity index (χ1n) is 34.3. The summed E-state index contributed by atoms with van der Waals surface area (Å²) >= 11 is 0. The largest absolute Gasteiger partial charge is 0.462 e. The number of hydrogen-bond acceptors (Lipinski definition) is 6. The molecule has 0 fully saturated rings. The molecule has 0 aliphatic rings. The summed E-state index contributed by atoms with van der Waals surface area (Å²) in [7, 11) is 0. The maximum atomic E-state index is 12.8. The Morgan fingerprint density at radius 3 is 0.658 bits per heavy atom. The molecular formula is C70H132O6. The summed E-state index contributed by atoms with van der Waals surface area (Å²) in [5.74, 6) is -0.864. The average molecular weight is 1070 g/mol. The molecule has 448 valence electrons. The molecule has 1 unspecified atom stereocenters. The van der Waals surface area contributed by atoms with Crippen LogP contribution in [0, 0.1) is 0 Å². The van der Waals surface area contributed by atoms with Crippen LogP contribution in [0.4, 0.5) is 0 Å². The van der Waals surface area contributed by atoms with Gasteiger partial charge in [0, 0.05) is 19.3 Å². The van der Waals surface area contributed by atoms with Crippen LogP contribution in [0.15, 0.2) is 24.3 Å². The van der Waals surface area contributed by atoms with Crippen LogP contribution in [0.1, 0.15) is 387 Å². The Kier molecular flexibility index (Phi) is 63.6. The molecular weight excluding hydrogens is 937 g/mol. The Bertz CT molecular complexity index is 1230. The summed E-state index contributed by atoms with van der Waals surface area (Å²) < 4.78 is 16.8. The zero-order chi connectivity index (χ0) is 55.0. The van der Waals surface area contributed by atoms with Gasteiger partial charge in [-0.2, -0.15) is 0 Å². The fourth-order valence-electron chi connectivity index (χ4n) is 10.5. The molecule has 0 radical (unpaired) electrons. The second kappa shape index (κ2) is 65.4. The predicted octanol–water partition coefficient (Wildman–Crippen LogP) is 23.4. The van der Waals surface area contributed by atoms with E-state index in [2.05, 4.69) is 45.1 Å². The highest BCUT2D eigenvalue weighted by molar-refractivity contribution is 5.71. The van der Waals surface area contributed by atoms with Crippen LogP contribution in [0.2, 0.25) is 0 Å². The summed E-state index contributed by atoms with van der Waals surface area (Å²) in [6.07, 6.45) is 79.9. The lowest BCUT2D eigenvalue weighted by molar-refractivity contribution is -0.167. The van der Waals surface area contributed by atoms with E-state index >= 15 is 0 Å². The van der Waals surface area contributed by atoms with E-state index in [1.54, 1.807) is 0 Å². The van der Waals surface area contributed by atoms with Crippen LogP contribution in [0.25, 0.3) is 0 Å². The third kappa shape index (κ3) is 62.7. The minimum atomic E-state index is -0.767. The first kappa shape index (κ1) is 73.9. The fourth-order valence-corrected chi connectivity index (χ4v) is 10.5. The van der Waals surface area contributed by atoms with Gasteiger partial charge in [-0.1, -0.05) is 321 Å². The first-order valence-corrected chi connectivity index (χ1v) is 34.3. The average Bonchev–Trinajstić information content (AvgIpc) is 3.42. The van der Waals surface area contributed by atoms with Gasteiger partial charge in [0.1, 0.15) is 13.2 Å². The Morgan fingerprint density at radius 1 is 0.250 bits per heavy atom. The Morgan fingerprint density at radius 2 is 0.434 bits per heavy atom. The summed E-state index contributed by atoms with van der Waals surface area (Å²) in [5, 5.41) is 0. The van der Waals surface area contributed by atoms with Crippen molar-refractivity contribution in [2.75, 3.05) is 13.2 Å². The number of carbonyl (C=O) groups excluding carboxylic acids is 3. The summed E-state index contributed by atoms with van der Waals surface area (Å²) in [5.41, 5.74) is 0. The predicted molar refractivity (Wildman–Crippen MR) is 330 cm³/mol. The third-order valence-electron chi connectivity index (χ3n) is 15.7. The van der Waals surface area contributed by atoms with Gasteiger partial charge in [0.05, 0.1) is 0 Å². The Balaban J connectivity index is 3.85. The van der Waals surface area contributed by atoms with Gasteiger partial charge < -0.3 is 14.2 Å². The minimum Gasteiger partial charge on any atom is -0.462 e. The monoisotopic (exact) mass is 1070 g/mol. The number of esters is 3. The van der Waals surface area contributed by atoms with E-state index in [4.69, 9.17) is 14.2 Å². The molecule has 0 aromatic heterocycles. The van der Waals surface area contributed by atoms with Crippen LogP contribution in [0.3, 0.4) is 0 Å². The highest BCUT2D eigenvalue weighted by Crippen LogP contribution is 2.18. The molecule has 0 aromatic rings. The fraction of sp³-hybridized carbons (Fsp3) is 0.900. The van der Waals surface area contributed by atoms with Gasteiger partial charge in [-0.15, -0.1) is 0 Å². The third-order valence-corrected chi connectivity index (χ3v) is 15.7. The number of rotatable bonds is 64. The first-order chi connectivity index (χ1) is 37.5. The Hall–Kier alpha value is -2.11. The maximum Gasteiger partial charge on any atom is 0.306 e. The van der Waals surface area contributed by atoms with E-state index in [0.29, 0.717) is 19.3 Å². The molecule has 6 heteroatoms. The van der Waals surface area contributed by atoms with E-state index in [1.807, 2.05) is 0 Å². The van der Waals surface area contributed by atoms with Crippen molar-refractivity contribution in [3.05, 3.63) is 24.3 Å². The number of unbranched alkanes of at least 4 members (excludes halogenated alkanes) is 49. The van der Waals surface area contributed by atoms with Crippen molar-refractivity contribution >= 4 is 17.9 Å². The van der Waals surface area contributed by atoms with E-state index in [0.717, 1.165) is 64.2 Å². The quantitative estimate of drug-likeness (QED) is 0.0261. The van der Waals surface area contributed by atoms with Crippen LogP contribution < -0.4 is 0 Å². The minimum absolute atomic E-state index is 0.0683.